The molecule has 2 aromatic rings. The summed E-state index contributed by atoms with van der Waals surface area (Å²) in [5.41, 5.74) is 1.35. The molecule has 5 heteroatoms. The number of carbonyl (C=O) groups is 2. The average molecular weight is 312 g/mol. The quantitative estimate of drug-likeness (QED) is 0.628. The Labute approximate surface area is 133 Å². The van der Waals surface area contributed by atoms with E-state index >= 15 is 0 Å². The zero-order valence-corrected chi connectivity index (χ0v) is 12.6. The van der Waals surface area contributed by atoms with Gasteiger partial charge < -0.3 is 14.6 Å². The molecule has 0 amide bonds. The second-order valence-corrected chi connectivity index (χ2v) is 4.68. The number of hydrogen-bond acceptors (Lipinski definition) is 4. The van der Waals surface area contributed by atoms with E-state index in [2.05, 4.69) is 0 Å². The minimum absolute atomic E-state index is 0.130. The molecule has 5 nitrogen and oxygen atoms in total. The molecule has 0 aliphatic heterocycles. The van der Waals surface area contributed by atoms with Crippen LogP contribution in [-0.2, 0) is 4.79 Å². The van der Waals surface area contributed by atoms with Gasteiger partial charge in [-0.1, -0.05) is 30.3 Å². The SMILES string of the molecule is COc1cccc(C(=O)C=Cc2ccc(OCC(=O)O)cc2)c1. The van der Waals surface area contributed by atoms with Gasteiger partial charge in [0.25, 0.3) is 0 Å². The van der Waals surface area contributed by atoms with Gasteiger partial charge in [-0.2, -0.15) is 0 Å². The van der Waals surface area contributed by atoms with E-state index in [0.717, 1.165) is 5.56 Å². The molecule has 0 aliphatic rings. The lowest BCUT2D eigenvalue weighted by molar-refractivity contribution is -0.139. The Bertz CT molecular complexity index is 716. The van der Waals surface area contributed by atoms with Gasteiger partial charge in [0, 0.05) is 5.56 Å². The highest BCUT2D eigenvalue weighted by Gasteiger charge is 2.03. The molecule has 2 rings (SSSR count). The van der Waals surface area contributed by atoms with Crippen molar-refractivity contribution in [3.05, 3.63) is 65.7 Å². The number of hydrogen-bond donors (Lipinski definition) is 1. The molecule has 2 aromatic carbocycles. The summed E-state index contributed by atoms with van der Waals surface area (Å²) < 4.78 is 10.1. The second-order valence-electron chi connectivity index (χ2n) is 4.68. The number of methoxy groups -OCH3 is 1. The summed E-state index contributed by atoms with van der Waals surface area (Å²) in [6, 6.07) is 13.7. The van der Waals surface area contributed by atoms with Crippen LogP contribution in [0.1, 0.15) is 15.9 Å². The number of carbonyl (C=O) groups excluding carboxylic acids is 1. The van der Waals surface area contributed by atoms with Crippen LogP contribution in [0.15, 0.2) is 54.6 Å². The third-order valence-electron chi connectivity index (χ3n) is 3.02. The number of benzene rings is 2. The Morgan fingerprint density at radius 1 is 1.09 bits per heavy atom. The predicted octanol–water partition coefficient (Wildman–Crippen LogP) is 3.05. The zero-order chi connectivity index (χ0) is 16.7. The summed E-state index contributed by atoms with van der Waals surface area (Å²) in [6.07, 6.45) is 3.16. The first-order valence-corrected chi connectivity index (χ1v) is 6.89. The molecule has 0 aromatic heterocycles. The predicted molar refractivity (Wildman–Crippen MR) is 85.9 cm³/mol. The Morgan fingerprint density at radius 3 is 2.48 bits per heavy atom. The highest BCUT2D eigenvalue weighted by molar-refractivity contribution is 6.07. The van der Waals surface area contributed by atoms with Gasteiger partial charge in [-0.25, -0.2) is 4.79 Å². The van der Waals surface area contributed by atoms with E-state index in [1.165, 1.54) is 6.08 Å². The highest BCUT2D eigenvalue weighted by Crippen LogP contribution is 2.15. The van der Waals surface area contributed by atoms with E-state index in [-0.39, 0.29) is 12.4 Å². The van der Waals surface area contributed by atoms with Gasteiger partial charge in [0.1, 0.15) is 11.5 Å². The van der Waals surface area contributed by atoms with Crippen LogP contribution in [0.5, 0.6) is 11.5 Å². The Kier molecular flexibility index (Phi) is 5.52. The average Bonchev–Trinajstić information content (AvgIpc) is 2.58. The van der Waals surface area contributed by atoms with E-state index < -0.39 is 5.97 Å². The van der Waals surface area contributed by atoms with Crippen molar-refractivity contribution in [1.29, 1.82) is 0 Å². The van der Waals surface area contributed by atoms with Gasteiger partial charge in [-0.3, -0.25) is 4.79 Å². The van der Waals surface area contributed by atoms with Crippen LogP contribution in [0.3, 0.4) is 0 Å². The first-order chi connectivity index (χ1) is 11.1. The minimum Gasteiger partial charge on any atom is -0.497 e. The fourth-order valence-electron chi connectivity index (χ4n) is 1.86. The van der Waals surface area contributed by atoms with Gasteiger partial charge >= 0.3 is 5.97 Å². The van der Waals surface area contributed by atoms with E-state index in [1.54, 1.807) is 61.7 Å². The number of ketones is 1. The molecule has 0 saturated heterocycles. The second kappa shape index (κ2) is 7.79. The van der Waals surface area contributed by atoms with Crippen molar-refractivity contribution < 1.29 is 24.2 Å². The number of ether oxygens (including phenoxy) is 2. The van der Waals surface area contributed by atoms with Crippen LogP contribution >= 0.6 is 0 Å². The molecule has 0 radical (unpaired) electrons. The summed E-state index contributed by atoms with van der Waals surface area (Å²) in [5, 5.41) is 8.54. The van der Waals surface area contributed by atoms with Crippen LogP contribution in [0.25, 0.3) is 6.08 Å². The Morgan fingerprint density at radius 2 is 1.83 bits per heavy atom. The molecule has 0 unspecified atom stereocenters. The topological polar surface area (TPSA) is 72.8 Å². The molecule has 1 N–H and O–H groups in total. The summed E-state index contributed by atoms with van der Waals surface area (Å²) in [4.78, 5) is 22.5. The molecule has 0 heterocycles. The maximum atomic E-state index is 12.1. The van der Waals surface area contributed by atoms with Crippen LogP contribution in [0, 0.1) is 0 Å². The smallest absolute Gasteiger partial charge is 0.341 e. The fraction of sp³-hybridized carbons (Fsp3) is 0.111. The van der Waals surface area contributed by atoms with E-state index in [0.29, 0.717) is 17.1 Å². The first kappa shape index (κ1) is 16.3. The van der Waals surface area contributed by atoms with Crippen molar-refractivity contribution in [3.63, 3.8) is 0 Å². The summed E-state index contributed by atoms with van der Waals surface area (Å²) in [7, 11) is 1.55. The van der Waals surface area contributed by atoms with Crippen LogP contribution in [0.2, 0.25) is 0 Å². The molecule has 0 saturated carbocycles. The minimum atomic E-state index is -1.03. The lowest BCUT2D eigenvalue weighted by Crippen LogP contribution is -2.09. The zero-order valence-electron chi connectivity index (χ0n) is 12.6. The Balaban J connectivity index is 2.01. The molecular formula is C18H16O5. The summed E-state index contributed by atoms with van der Waals surface area (Å²) >= 11 is 0. The molecule has 0 spiro atoms. The molecular weight excluding hydrogens is 296 g/mol. The van der Waals surface area contributed by atoms with E-state index in [4.69, 9.17) is 14.6 Å². The summed E-state index contributed by atoms with van der Waals surface area (Å²) in [5.74, 6) is -0.0687. The third kappa shape index (κ3) is 5.00. The largest absolute Gasteiger partial charge is 0.497 e. The molecule has 23 heavy (non-hydrogen) atoms. The van der Waals surface area contributed by atoms with E-state index in [1.807, 2.05) is 0 Å². The van der Waals surface area contributed by atoms with Gasteiger partial charge in [-0.15, -0.1) is 0 Å². The van der Waals surface area contributed by atoms with Gasteiger partial charge in [-0.05, 0) is 35.9 Å². The maximum absolute atomic E-state index is 12.1. The highest BCUT2D eigenvalue weighted by atomic mass is 16.5. The molecule has 0 fully saturated rings. The van der Waals surface area contributed by atoms with Crippen LogP contribution in [-0.4, -0.2) is 30.6 Å². The van der Waals surface area contributed by atoms with Crippen molar-refractivity contribution in [2.45, 2.75) is 0 Å². The van der Waals surface area contributed by atoms with E-state index in [9.17, 15) is 9.59 Å². The molecule has 0 aliphatic carbocycles. The van der Waals surface area contributed by atoms with Crippen molar-refractivity contribution >= 4 is 17.8 Å². The number of rotatable bonds is 7. The monoisotopic (exact) mass is 312 g/mol. The van der Waals surface area contributed by atoms with Crippen molar-refractivity contribution in [2.75, 3.05) is 13.7 Å². The number of aliphatic carboxylic acids is 1. The first-order valence-electron chi connectivity index (χ1n) is 6.89. The van der Waals surface area contributed by atoms with Gasteiger partial charge in [0.2, 0.25) is 0 Å². The van der Waals surface area contributed by atoms with Gasteiger partial charge in [0.15, 0.2) is 12.4 Å². The maximum Gasteiger partial charge on any atom is 0.341 e. The fourth-order valence-corrected chi connectivity index (χ4v) is 1.86. The number of carboxylic acid groups (broad SMARTS) is 1. The molecule has 118 valence electrons. The molecule has 0 atom stereocenters. The standard InChI is InChI=1S/C18H16O5/c1-22-16-4-2-3-14(11-16)17(19)10-7-13-5-8-15(9-6-13)23-12-18(20)21/h2-11H,12H2,1H3,(H,20,21). The lowest BCUT2D eigenvalue weighted by Gasteiger charge is -2.03. The van der Waals surface area contributed by atoms with Crippen molar-refractivity contribution in [3.8, 4) is 11.5 Å². The summed E-state index contributed by atoms with van der Waals surface area (Å²) in [6.45, 7) is -0.385. The van der Waals surface area contributed by atoms with Crippen LogP contribution < -0.4 is 9.47 Å². The normalized spacial score (nSPS) is 10.5. The number of carboxylic acids is 1. The molecule has 0 bridgehead atoms. The van der Waals surface area contributed by atoms with Gasteiger partial charge in [0.05, 0.1) is 7.11 Å². The Hall–Kier alpha value is -3.08. The van der Waals surface area contributed by atoms with Crippen molar-refractivity contribution in [2.24, 2.45) is 0 Å². The van der Waals surface area contributed by atoms with Crippen molar-refractivity contribution in [1.82, 2.24) is 0 Å². The van der Waals surface area contributed by atoms with Crippen LogP contribution in [0.4, 0.5) is 0 Å². The number of allylic oxidation sites excluding steroid dienone is 1. The lowest BCUT2D eigenvalue weighted by atomic mass is 10.1. The third-order valence-corrected chi connectivity index (χ3v) is 3.02.